The van der Waals surface area contributed by atoms with Crippen molar-refractivity contribution in [3.05, 3.63) is 35.4 Å². The Morgan fingerprint density at radius 3 is 2.59 bits per heavy atom. The van der Waals surface area contributed by atoms with Gasteiger partial charge in [-0.2, -0.15) is 13.2 Å². The lowest BCUT2D eigenvalue weighted by Gasteiger charge is -2.33. The molecule has 0 spiro atoms. The van der Waals surface area contributed by atoms with Crippen molar-refractivity contribution < 1.29 is 22.4 Å². The number of hydrogen-bond acceptors (Lipinski definition) is 8. The Balaban J connectivity index is 1.67. The Kier molecular flexibility index (Phi) is 8.01. The molecule has 12 heteroatoms. The number of nitrogens with zero attached hydrogens (tertiary/aromatic N) is 5. The van der Waals surface area contributed by atoms with Gasteiger partial charge in [0, 0.05) is 45.3 Å². The third-order valence-corrected chi connectivity index (χ3v) is 5.75. The minimum atomic E-state index is -4.57. The SMILES string of the molecule is CN(C)CCNC(=O)c1ccc(CSc2nc(N3CCN(C)CC3)cc(C(F)(F)F)n2)o1. The molecule has 1 saturated heterocycles. The van der Waals surface area contributed by atoms with Crippen LogP contribution in [0.1, 0.15) is 22.0 Å². The summed E-state index contributed by atoms with van der Waals surface area (Å²) >= 11 is 1.04. The van der Waals surface area contributed by atoms with Crippen molar-refractivity contribution in [3.8, 4) is 0 Å². The molecule has 1 aliphatic rings. The van der Waals surface area contributed by atoms with E-state index in [9.17, 15) is 18.0 Å². The largest absolute Gasteiger partial charge is 0.455 e. The number of thioether (sulfide) groups is 1. The van der Waals surface area contributed by atoms with E-state index in [2.05, 4.69) is 20.2 Å². The van der Waals surface area contributed by atoms with Crippen LogP contribution in [0.2, 0.25) is 0 Å². The molecule has 0 atom stereocenters. The molecule has 8 nitrogen and oxygen atoms in total. The minimum absolute atomic E-state index is 0.0159. The number of piperazine rings is 1. The monoisotopic (exact) mass is 472 g/mol. The van der Waals surface area contributed by atoms with E-state index >= 15 is 0 Å². The van der Waals surface area contributed by atoms with E-state index < -0.39 is 11.9 Å². The second-order valence-corrected chi connectivity index (χ2v) is 8.74. The van der Waals surface area contributed by atoms with Gasteiger partial charge in [0.05, 0.1) is 5.75 Å². The predicted octanol–water partition coefficient (Wildman–Crippen LogP) is 2.42. The van der Waals surface area contributed by atoms with Crippen molar-refractivity contribution in [2.75, 3.05) is 65.3 Å². The Morgan fingerprint density at radius 2 is 1.94 bits per heavy atom. The molecular formula is C20H27F3N6O2S. The van der Waals surface area contributed by atoms with Gasteiger partial charge in [-0.3, -0.25) is 4.79 Å². The average molecular weight is 473 g/mol. The number of nitrogens with one attached hydrogen (secondary N) is 1. The number of alkyl halides is 3. The fourth-order valence-corrected chi connectivity index (χ4v) is 3.76. The molecular weight excluding hydrogens is 445 g/mol. The van der Waals surface area contributed by atoms with Crippen LogP contribution >= 0.6 is 11.8 Å². The molecule has 0 radical (unpaired) electrons. The van der Waals surface area contributed by atoms with Crippen LogP contribution in [0.5, 0.6) is 0 Å². The second-order valence-electron chi connectivity index (χ2n) is 7.80. The average Bonchev–Trinajstić information content (AvgIpc) is 3.21. The fraction of sp³-hybridized carbons (Fsp3) is 0.550. The van der Waals surface area contributed by atoms with Crippen molar-refractivity contribution in [2.45, 2.75) is 17.1 Å². The number of likely N-dealkylation sites (N-methyl/N-ethyl adjacent to an activating group) is 2. The maximum atomic E-state index is 13.4. The second kappa shape index (κ2) is 10.5. The lowest BCUT2D eigenvalue weighted by molar-refractivity contribution is -0.141. The van der Waals surface area contributed by atoms with Crippen LogP contribution in [-0.2, 0) is 11.9 Å². The van der Waals surface area contributed by atoms with E-state index in [-0.39, 0.29) is 28.4 Å². The zero-order valence-corrected chi connectivity index (χ0v) is 19.1. The van der Waals surface area contributed by atoms with Gasteiger partial charge in [-0.1, -0.05) is 11.8 Å². The van der Waals surface area contributed by atoms with Gasteiger partial charge in [-0.25, -0.2) is 9.97 Å². The quantitative estimate of drug-likeness (QED) is 0.464. The van der Waals surface area contributed by atoms with Crippen molar-refractivity contribution in [2.24, 2.45) is 0 Å². The molecule has 0 unspecified atom stereocenters. The summed E-state index contributed by atoms with van der Waals surface area (Å²) in [6, 6.07) is 4.17. The summed E-state index contributed by atoms with van der Waals surface area (Å²) in [7, 11) is 5.78. The third-order valence-electron chi connectivity index (χ3n) is 4.88. The summed E-state index contributed by atoms with van der Waals surface area (Å²) in [5.41, 5.74) is -0.968. The first-order valence-electron chi connectivity index (χ1n) is 10.2. The highest BCUT2D eigenvalue weighted by atomic mass is 32.2. The first kappa shape index (κ1) is 24.3. The Bertz CT molecular complexity index is 913. The standard InChI is InChI=1S/C20H27F3N6O2S/c1-27(2)7-6-24-18(30)15-5-4-14(31-15)13-32-19-25-16(20(21,22)23)12-17(26-19)29-10-8-28(3)9-11-29/h4-5,12H,6-11,13H2,1-3H3,(H,24,30). The normalized spacial score (nSPS) is 15.4. The smallest absolute Gasteiger partial charge is 0.433 e. The lowest BCUT2D eigenvalue weighted by atomic mass is 10.3. The number of halogens is 3. The zero-order valence-electron chi connectivity index (χ0n) is 18.3. The van der Waals surface area contributed by atoms with Crippen molar-refractivity contribution in [1.29, 1.82) is 0 Å². The first-order chi connectivity index (χ1) is 15.1. The summed E-state index contributed by atoms with van der Waals surface area (Å²) in [5.74, 6) is 0.741. The summed E-state index contributed by atoms with van der Waals surface area (Å²) in [6.07, 6.45) is -4.57. The molecule has 3 rings (SSSR count). The highest BCUT2D eigenvalue weighted by molar-refractivity contribution is 7.98. The minimum Gasteiger partial charge on any atom is -0.455 e. The molecule has 0 aliphatic carbocycles. The van der Waals surface area contributed by atoms with Gasteiger partial charge in [0.2, 0.25) is 0 Å². The van der Waals surface area contributed by atoms with Crippen LogP contribution in [0.25, 0.3) is 0 Å². The number of aromatic nitrogens is 2. The maximum absolute atomic E-state index is 13.4. The fourth-order valence-electron chi connectivity index (χ4n) is 3.01. The van der Waals surface area contributed by atoms with Gasteiger partial charge in [0.1, 0.15) is 11.6 Å². The van der Waals surface area contributed by atoms with E-state index in [1.807, 2.05) is 30.9 Å². The van der Waals surface area contributed by atoms with Crippen LogP contribution in [0.15, 0.2) is 27.8 Å². The molecule has 2 aromatic rings. The zero-order chi connectivity index (χ0) is 23.3. The molecule has 1 fully saturated rings. The summed E-state index contributed by atoms with van der Waals surface area (Å²) in [4.78, 5) is 26.1. The van der Waals surface area contributed by atoms with Crippen molar-refractivity contribution in [3.63, 3.8) is 0 Å². The molecule has 1 N–H and O–H groups in total. The van der Waals surface area contributed by atoms with Crippen LogP contribution < -0.4 is 10.2 Å². The summed E-state index contributed by atoms with van der Waals surface area (Å²) < 4.78 is 45.7. The van der Waals surface area contributed by atoms with Crippen molar-refractivity contribution in [1.82, 2.24) is 25.1 Å². The van der Waals surface area contributed by atoms with Gasteiger partial charge in [-0.05, 0) is 33.3 Å². The van der Waals surface area contributed by atoms with Gasteiger partial charge < -0.3 is 24.4 Å². The van der Waals surface area contributed by atoms with E-state index in [1.165, 1.54) is 0 Å². The Morgan fingerprint density at radius 1 is 1.22 bits per heavy atom. The molecule has 3 heterocycles. The Hall–Kier alpha value is -2.31. The molecule has 1 aliphatic heterocycles. The first-order valence-corrected chi connectivity index (χ1v) is 11.1. The number of carbonyl (C=O) groups excluding carboxylic acids is 1. The number of anilines is 1. The van der Waals surface area contributed by atoms with Gasteiger partial charge in [-0.15, -0.1) is 0 Å². The highest BCUT2D eigenvalue weighted by Crippen LogP contribution is 2.32. The summed E-state index contributed by atoms with van der Waals surface area (Å²) in [5, 5.41) is 2.76. The van der Waals surface area contributed by atoms with Crippen LogP contribution in [0.3, 0.4) is 0 Å². The molecule has 32 heavy (non-hydrogen) atoms. The highest BCUT2D eigenvalue weighted by Gasteiger charge is 2.34. The van der Waals surface area contributed by atoms with E-state index in [0.29, 0.717) is 31.9 Å². The van der Waals surface area contributed by atoms with E-state index in [1.54, 1.807) is 12.1 Å². The number of furan rings is 1. The molecule has 176 valence electrons. The molecule has 0 saturated carbocycles. The summed E-state index contributed by atoms with van der Waals surface area (Å²) in [6.45, 7) is 3.86. The Labute approximate surface area is 189 Å². The number of rotatable bonds is 8. The van der Waals surface area contributed by atoms with Gasteiger partial charge in [0.15, 0.2) is 16.6 Å². The van der Waals surface area contributed by atoms with Crippen LogP contribution in [0, 0.1) is 0 Å². The van der Waals surface area contributed by atoms with Gasteiger partial charge >= 0.3 is 6.18 Å². The number of amides is 1. The topological polar surface area (TPSA) is 77.7 Å². The number of hydrogen-bond donors (Lipinski definition) is 1. The number of carbonyl (C=O) groups is 1. The van der Waals surface area contributed by atoms with Gasteiger partial charge in [0.25, 0.3) is 5.91 Å². The third kappa shape index (κ3) is 6.84. The molecule has 1 amide bonds. The van der Waals surface area contributed by atoms with E-state index in [4.69, 9.17) is 4.42 Å². The van der Waals surface area contributed by atoms with Crippen molar-refractivity contribution >= 4 is 23.5 Å². The lowest BCUT2D eigenvalue weighted by Crippen LogP contribution is -2.45. The molecule has 0 aromatic carbocycles. The predicted molar refractivity (Wildman–Crippen MR) is 116 cm³/mol. The molecule has 2 aromatic heterocycles. The van der Waals surface area contributed by atoms with Crippen LogP contribution in [0.4, 0.5) is 19.0 Å². The molecule has 0 bridgehead atoms. The van der Waals surface area contributed by atoms with E-state index in [0.717, 1.165) is 30.9 Å². The van der Waals surface area contributed by atoms with Crippen LogP contribution in [-0.4, -0.2) is 86.1 Å². The maximum Gasteiger partial charge on any atom is 0.433 e.